The second-order valence-corrected chi connectivity index (χ2v) is 3.82. The molecule has 0 radical (unpaired) electrons. The maximum absolute atomic E-state index is 11.3. The van der Waals surface area contributed by atoms with Gasteiger partial charge in [0.15, 0.2) is 0 Å². The van der Waals surface area contributed by atoms with Crippen LogP contribution >= 0.6 is 0 Å². The van der Waals surface area contributed by atoms with E-state index in [1.165, 1.54) is 12.3 Å². The highest BCUT2D eigenvalue weighted by Gasteiger charge is 2.29. The number of nitro groups is 1. The van der Waals surface area contributed by atoms with E-state index >= 15 is 0 Å². The van der Waals surface area contributed by atoms with Gasteiger partial charge in [0, 0.05) is 12.0 Å². The summed E-state index contributed by atoms with van der Waals surface area (Å²) in [5.74, 6) is -0.0576. The van der Waals surface area contributed by atoms with Crippen molar-refractivity contribution in [2.75, 3.05) is 0 Å². The average molecular weight is 233 g/mol. The van der Waals surface area contributed by atoms with Gasteiger partial charge in [0.2, 0.25) is 5.91 Å². The summed E-state index contributed by atoms with van der Waals surface area (Å²) in [4.78, 5) is 21.5. The molecule has 1 aromatic rings. The van der Waals surface area contributed by atoms with Gasteiger partial charge in [-0.1, -0.05) is 12.1 Å². The third-order valence-corrected chi connectivity index (χ3v) is 2.46. The predicted molar refractivity (Wildman–Crippen MR) is 61.6 cm³/mol. The van der Waals surface area contributed by atoms with Crippen molar-refractivity contribution in [2.45, 2.75) is 12.8 Å². The van der Waals surface area contributed by atoms with Crippen molar-refractivity contribution < 1.29 is 9.72 Å². The number of carbonyl (C=O) groups excluding carboxylic acids is 1. The van der Waals surface area contributed by atoms with Crippen molar-refractivity contribution in [3.05, 3.63) is 39.9 Å². The maximum atomic E-state index is 11.3. The minimum Gasteiger partial charge on any atom is -0.273 e. The standard InChI is InChI=1S/C11H11N3O3/c15-11(8-5-6-8)13-12-7-9-3-1-2-4-10(9)14(16)17/h1-4,7-8H,5-6H2,(H,13,15). The topological polar surface area (TPSA) is 84.6 Å². The Morgan fingerprint density at radius 2 is 2.18 bits per heavy atom. The Kier molecular flexibility index (Phi) is 3.13. The molecular weight excluding hydrogens is 222 g/mol. The lowest BCUT2D eigenvalue weighted by Crippen LogP contribution is -2.19. The Labute approximate surface area is 97.5 Å². The Bertz CT molecular complexity index is 481. The van der Waals surface area contributed by atoms with Gasteiger partial charge in [-0.25, -0.2) is 5.43 Å². The summed E-state index contributed by atoms with van der Waals surface area (Å²) in [6.45, 7) is 0. The average Bonchev–Trinajstić information content (AvgIpc) is 3.13. The van der Waals surface area contributed by atoms with Crippen molar-refractivity contribution in [3.63, 3.8) is 0 Å². The van der Waals surface area contributed by atoms with Gasteiger partial charge in [0.25, 0.3) is 5.69 Å². The van der Waals surface area contributed by atoms with Gasteiger partial charge in [-0.15, -0.1) is 0 Å². The van der Waals surface area contributed by atoms with Crippen LogP contribution in [-0.2, 0) is 4.79 Å². The van der Waals surface area contributed by atoms with Crippen LogP contribution in [0.5, 0.6) is 0 Å². The molecule has 6 heteroatoms. The molecule has 88 valence electrons. The van der Waals surface area contributed by atoms with E-state index in [0.717, 1.165) is 12.8 Å². The van der Waals surface area contributed by atoms with Crippen molar-refractivity contribution >= 4 is 17.8 Å². The summed E-state index contributed by atoms with van der Waals surface area (Å²) in [7, 11) is 0. The quantitative estimate of drug-likeness (QED) is 0.485. The lowest BCUT2D eigenvalue weighted by Gasteiger charge is -1.97. The van der Waals surface area contributed by atoms with Crippen LogP contribution in [0.25, 0.3) is 0 Å². The van der Waals surface area contributed by atoms with Gasteiger partial charge in [0.1, 0.15) is 0 Å². The van der Waals surface area contributed by atoms with Crippen LogP contribution in [0.4, 0.5) is 5.69 Å². The summed E-state index contributed by atoms with van der Waals surface area (Å²) in [5.41, 5.74) is 2.71. The lowest BCUT2D eigenvalue weighted by atomic mass is 10.2. The molecule has 17 heavy (non-hydrogen) atoms. The summed E-state index contributed by atoms with van der Waals surface area (Å²) in [5, 5.41) is 14.4. The van der Waals surface area contributed by atoms with E-state index in [1.807, 2.05) is 0 Å². The SMILES string of the molecule is O=C(NN=Cc1ccccc1[N+](=O)[O-])C1CC1. The Morgan fingerprint density at radius 3 is 2.82 bits per heavy atom. The first kappa shape index (κ1) is 11.3. The summed E-state index contributed by atoms with van der Waals surface area (Å²) in [6.07, 6.45) is 3.08. The second-order valence-electron chi connectivity index (χ2n) is 3.82. The van der Waals surface area contributed by atoms with Crippen molar-refractivity contribution in [1.82, 2.24) is 5.43 Å². The molecule has 0 unspecified atom stereocenters. The first-order valence-electron chi connectivity index (χ1n) is 5.25. The molecule has 1 fully saturated rings. The maximum Gasteiger partial charge on any atom is 0.278 e. The number of nitrogens with one attached hydrogen (secondary N) is 1. The highest BCUT2D eigenvalue weighted by molar-refractivity contribution is 5.87. The van der Waals surface area contributed by atoms with Crippen molar-refractivity contribution in [1.29, 1.82) is 0 Å². The molecule has 1 amide bonds. The zero-order chi connectivity index (χ0) is 12.3. The highest BCUT2D eigenvalue weighted by Crippen LogP contribution is 2.28. The molecule has 1 aliphatic rings. The molecule has 0 heterocycles. The molecule has 1 aliphatic carbocycles. The van der Waals surface area contributed by atoms with E-state index in [2.05, 4.69) is 10.5 Å². The first-order chi connectivity index (χ1) is 8.18. The van der Waals surface area contributed by atoms with Gasteiger partial charge >= 0.3 is 0 Å². The molecule has 6 nitrogen and oxygen atoms in total. The number of benzene rings is 1. The Balaban J connectivity index is 2.04. The number of carbonyl (C=O) groups is 1. The van der Waals surface area contributed by atoms with Gasteiger partial charge in [0.05, 0.1) is 16.7 Å². The van der Waals surface area contributed by atoms with Crippen LogP contribution in [0.2, 0.25) is 0 Å². The number of para-hydroxylation sites is 1. The number of amides is 1. The minimum absolute atomic E-state index is 0.0306. The molecule has 1 aromatic carbocycles. The number of hydrazone groups is 1. The Hall–Kier alpha value is -2.24. The zero-order valence-corrected chi connectivity index (χ0v) is 9.00. The highest BCUT2D eigenvalue weighted by atomic mass is 16.6. The third-order valence-electron chi connectivity index (χ3n) is 2.46. The fourth-order valence-corrected chi connectivity index (χ4v) is 1.37. The van der Waals surface area contributed by atoms with E-state index in [9.17, 15) is 14.9 Å². The minimum atomic E-state index is -0.482. The van der Waals surface area contributed by atoms with E-state index in [-0.39, 0.29) is 17.5 Å². The Morgan fingerprint density at radius 1 is 1.47 bits per heavy atom. The van der Waals surface area contributed by atoms with Gasteiger partial charge in [-0.05, 0) is 18.9 Å². The largest absolute Gasteiger partial charge is 0.278 e. The zero-order valence-electron chi connectivity index (χ0n) is 9.00. The normalized spacial score (nSPS) is 14.8. The van der Waals surface area contributed by atoms with Crippen LogP contribution in [0.3, 0.4) is 0 Å². The number of nitro benzene ring substituents is 1. The van der Waals surface area contributed by atoms with Crippen LogP contribution in [0.15, 0.2) is 29.4 Å². The lowest BCUT2D eigenvalue weighted by molar-refractivity contribution is -0.385. The van der Waals surface area contributed by atoms with Gasteiger partial charge < -0.3 is 0 Å². The van der Waals surface area contributed by atoms with Crippen molar-refractivity contribution in [3.8, 4) is 0 Å². The second kappa shape index (κ2) is 4.73. The van der Waals surface area contributed by atoms with Crippen LogP contribution in [0, 0.1) is 16.0 Å². The summed E-state index contributed by atoms with van der Waals surface area (Å²) in [6, 6.07) is 6.23. The summed E-state index contributed by atoms with van der Waals surface area (Å²) < 4.78 is 0. The molecule has 0 aliphatic heterocycles. The van der Waals surface area contributed by atoms with Gasteiger partial charge in [-0.2, -0.15) is 5.10 Å². The number of hydrogen-bond donors (Lipinski definition) is 1. The molecule has 1 saturated carbocycles. The van der Waals surface area contributed by atoms with E-state index in [1.54, 1.807) is 18.2 Å². The van der Waals surface area contributed by atoms with Crippen LogP contribution in [0.1, 0.15) is 18.4 Å². The molecule has 2 rings (SSSR count). The number of nitrogens with zero attached hydrogens (tertiary/aromatic N) is 2. The predicted octanol–water partition coefficient (Wildman–Crippen LogP) is 1.45. The third kappa shape index (κ3) is 2.87. The molecule has 0 spiro atoms. The van der Waals surface area contributed by atoms with Crippen molar-refractivity contribution in [2.24, 2.45) is 11.0 Å². The molecular formula is C11H11N3O3. The fraction of sp³-hybridized carbons (Fsp3) is 0.273. The van der Waals surface area contributed by atoms with Crippen LogP contribution < -0.4 is 5.43 Å². The van der Waals surface area contributed by atoms with E-state index < -0.39 is 4.92 Å². The monoisotopic (exact) mass is 233 g/mol. The molecule has 0 atom stereocenters. The smallest absolute Gasteiger partial charge is 0.273 e. The van der Waals surface area contributed by atoms with Crippen LogP contribution in [-0.4, -0.2) is 17.0 Å². The molecule has 0 bridgehead atoms. The van der Waals surface area contributed by atoms with E-state index in [0.29, 0.717) is 5.56 Å². The molecule has 0 aromatic heterocycles. The fourth-order valence-electron chi connectivity index (χ4n) is 1.37. The molecule has 0 saturated heterocycles. The number of rotatable bonds is 4. The summed E-state index contributed by atoms with van der Waals surface area (Å²) >= 11 is 0. The number of hydrogen-bond acceptors (Lipinski definition) is 4. The van der Waals surface area contributed by atoms with Gasteiger partial charge in [-0.3, -0.25) is 14.9 Å². The first-order valence-corrected chi connectivity index (χ1v) is 5.25. The van der Waals surface area contributed by atoms with E-state index in [4.69, 9.17) is 0 Å². The molecule has 1 N–H and O–H groups in total.